The van der Waals surface area contributed by atoms with Gasteiger partial charge in [-0.1, -0.05) is 42.0 Å². The summed E-state index contributed by atoms with van der Waals surface area (Å²) >= 11 is 1.08. The summed E-state index contributed by atoms with van der Waals surface area (Å²) in [4.78, 5) is 12.3. The van der Waals surface area contributed by atoms with E-state index < -0.39 is 10.0 Å². The van der Waals surface area contributed by atoms with E-state index in [1.165, 1.54) is 0 Å². The Balaban J connectivity index is 1.93. The maximum absolute atomic E-state index is 12.9. The molecule has 0 radical (unpaired) electrons. The van der Waals surface area contributed by atoms with Gasteiger partial charge in [-0.3, -0.25) is 9.36 Å². The Hall–Kier alpha value is -1.96. The first-order valence-electron chi connectivity index (χ1n) is 8.96. The number of nitrogens with zero attached hydrogens (tertiary/aromatic N) is 1. The van der Waals surface area contributed by atoms with Crippen LogP contribution in [0.15, 0.2) is 46.1 Å². The molecule has 5 nitrogen and oxygen atoms in total. The Bertz CT molecular complexity index is 1140. The van der Waals surface area contributed by atoms with Crippen LogP contribution in [0.2, 0.25) is 0 Å². The topological polar surface area (TPSA) is 68.2 Å². The Morgan fingerprint density at radius 2 is 1.89 bits per heavy atom. The predicted molar refractivity (Wildman–Crippen MR) is 111 cm³/mol. The quantitative estimate of drug-likeness (QED) is 0.672. The second-order valence-corrected chi connectivity index (χ2v) is 9.56. The zero-order valence-electron chi connectivity index (χ0n) is 15.9. The summed E-state index contributed by atoms with van der Waals surface area (Å²) in [5.74, 6) is 0. The first-order chi connectivity index (χ1) is 12.7. The van der Waals surface area contributed by atoms with Crippen molar-refractivity contribution in [1.29, 1.82) is 0 Å². The highest BCUT2D eigenvalue weighted by molar-refractivity contribution is 7.89. The van der Waals surface area contributed by atoms with Gasteiger partial charge >= 0.3 is 4.87 Å². The maximum atomic E-state index is 12.9. The molecule has 1 aromatic heterocycles. The van der Waals surface area contributed by atoms with Gasteiger partial charge in [0.05, 0.1) is 15.1 Å². The van der Waals surface area contributed by atoms with E-state index in [9.17, 15) is 13.2 Å². The van der Waals surface area contributed by atoms with E-state index in [0.29, 0.717) is 11.2 Å². The maximum Gasteiger partial charge on any atom is 0.308 e. The minimum Gasteiger partial charge on any atom is -0.299 e. The van der Waals surface area contributed by atoms with E-state index >= 15 is 0 Å². The van der Waals surface area contributed by atoms with Crippen LogP contribution in [0.4, 0.5) is 0 Å². The zero-order valence-corrected chi connectivity index (χ0v) is 17.6. The summed E-state index contributed by atoms with van der Waals surface area (Å²) in [6.07, 6.45) is 0.848. The molecule has 3 aromatic rings. The summed E-state index contributed by atoms with van der Waals surface area (Å²) < 4.78 is 30.9. The second-order valence-electron chi connectivity index (χ2n) is 6.85. The smallest absolute Gasteiger partial charge is 0.299 e. The van der Waals surface area contributed by atoms with Gasteiger partial charge in [-0.2, -0.15) is 0 Å². The summed E-state index contributed by atoms with van der Waals surface area (Å²) in [6.45, 7) is 8.47. The Morgan fingerprint density at radius 1 is 1.15 bits per heavy atom. The van der Waals surface area contributed by atoms with Crippen molar-refractivity contribution in [3.63, 3.8) is 0 Å². The SMILES string of the molecule is CCCn1c(=O)sc2cc(S(=O)(=O)N[C@@H](C)c3ccc(C)cc3C)ccc21. The Morgan fingerprint density at radius 3 is 2.56 bits per heavy atom. The summed E-state index contributed by atoms with van der Waals surface area (Å²) in [7, 11) is -3.70. The highest BCUT2D eigenvalue weighted by Crippen LogP contribution is 2.25. The van der Waals surface area contributed by atoms with Gasteiger partial charge in [0, 0.05) is 12.6 Å². The predicted octanol–water partition coefficient (Wildman–Crippen LogP) is 4.13. The van der Waals surface area contributed by atoms with Gasteiger partial charge in [0.1, 0.15) is 0 Å². The summed E-state index contributed by atoms with van der Waals surface area (Å²) in [5, 5.41) is 0. The molecule has 1 atom stereocenters. The molecule has 0 saturated heterocycles. The third-order valence-electron chi connectivity index (χ3n) is 4.62. The second kappa shape index (κ2) is 7.58. The molecule has 27 heavy (non-hydrogen) atoms. The van der Waals surface area contributed by atoms with Crippen LogP contribution in [0, 0.1) is 13.8 Å². The van der Waals surface area contributed by atoms with E-state index in [1.807, 2.05) is 45.9 Å². The average molecular weight is 405 g/mol. The molecule has 3 rings (SSSR count). The van der Waals surface area contributed by atoms with Crippen molar-refractivity contribution >= 4 is 31.6 Å². The number of hydrogen-bond acceptors (Lipinski definition) is 4. The number of sulfonamides is 1. The molecule has 0 aliphatic heterocycles. The molecule has 0 spiro atoms. The largest absolute Gasteiger partial charge is 0.308 e. The molecule has 0 bridgehead atoms. The zero-order chi connectivity index (χ0) is 19.8. The minimum atomic E-state index is -3.70. The average Bonchev–Trinajstić information content (AvgIpc) is 2.89. The minimum absolute atomic E-state index is 0.0574. The molecule has 0 aliphatic carbocycles. The van der Waals surface area contributed by atoms with Gasteiger partial charge < -0.3 is 0 Å². The van der Waals surface area contributed by atoms with Crippen LogP contribution >= 0.6 is 11.3 Å². The van der Waals surface area contributed by atoms with Crippen LogP contribution < -0.4 is 9.60 Å². The van der Waals surface area contributed by atoms with E-state index in [2.05, 4.69) is 4.72 Å². The first-order valence-corrected chi connectivity index (χ1v) is 11.3. The number of aromatic nitrogens is 1. The van der Waals surface area contributed by atoms with Gasteiger partial charge in [0.25, 0.3) is 0 Å². The van der Waals surface area contributed by atoms with Crippen molar-refractivity contribution in [3.05, 3.63) is 62.8 Å². The number of nitrogens with one attached hydrogen (secondary N) is 1. The van der Waals surface area contributed by atoms with Crippen LogP contribution in [-0.4, -0.2) is 13.0 Å². The standard InChI is InChI=1S/C20H24N2O3S2/c1-5-10-22-18-9-7-16(12-19(18)26-20(22)23)27(24,25)21-15(4)17-8-6-13(2)11-14(17)3/h6-9,11-12,15,21H,5,10H2,1-4H3/t15-/m0/s1. The molecule has 0 amide bonds. The van der Waals surface area contributed by atoms with Crippen molar-refractivity contribution in [2.45, 2.75) is 51.6 Å². The lowest BCUT2D eigenvalue weighted by molar-refractivity contribution is 0.566. The summed E-state index contributed by atoms with van der Waals surface area (Å²) in [5.41, 5.74) is 3.93. The van der Waals surface area contributed by atoms with Gasteiger partial charge in [-0.15, -0.1) is 0 Å². The molecule has 0 fully saturated rings. The molecular formula is C20H24N2O3S2. The van der Waals surface area contributed by atoms with E-state index in [1.54, 1.807) is 22.8 Å². The molecule has 0 aliphatic rings. The normalized spacial score (nSPS) is 13.2. The molecule has 144 valence electrons. The van der Waals surface area contributed by atoms with Gasteiger partial charge in [-0.05, 0) is 56.5 Å². The van der Waals surface area contributed by atoms with E-state index in [4.69, 9.17) is 0 Å². The lowest BCUT2D eigenvalue weighted by atomic mass is 10.0. The lowest BCUT2D eigenvalue weighted by Crippen LogP contribution is -2.27. The van der Waals surface area contributed by atoms with Crippen molar-refractivity contribution in [3.8, 4) is 0 Å². The lowest BCUT2D eigenvalue weighted by Gasteiger charge is -2.17. The number of rotatable bonds is 6. The van der Waals surface area contributed by atoms with Crippen LogP contribution in [-0.2, 0) is 16.6 Å². The molecule has 1 N–H and O–H groups in total. The fourth-order valence-corrected chi connectivity index (χ4v) is 5.60. The van der Waals surface area contributed by atoms with Crippen LogP contribution in [0.1, 0.15) is 43.0 Å². The molecular weight excluding hydrogens is 380 g/mol. The molecule has 0 unspecified atom stereocenters. The number of thiazole rings is 1. The van der Waals surface area contributed by atoms with Crippen LogP contribution in [0.5, 0.6) is 0 Å². The Kier molecular flexibility index (Phi) is 5.55. The fraction of sp³-hybridized carbons (Fsp3) is 0.350. The molecule has 7 heteroatoms. The van der Waals surface area contributed by atoms with Crippen LogP contribution in [0.25, 0.3) is 10.2 Å². The monoisotopic (exact) mass is 404 g/mol. The summed E-state index contributed by atoms with van der Waals surface area (Å²) in [6, 6.07) is 10.5. The third-order valence-corrected chi connectivity index (χ3v) is 7.10. The Labute approximate surface area is 163 Å². The molecule has 0 saturated carbocycles. The number of benzene rings is 2. The number of aryl methyl sites for hydroxylation is 3. The van der Waals surface area contributed by atoms with Crippen molar-refractivity contribution in [2.24, 2.45) is 0 Å². The van der Waals surface area contributed by atoms with Crippen molar-refractivity contribution in [1.82, 2.24) is 9.29 Å². The van der Waals surface area contributed by atoms with Gasteiger partial charge in [-0.25, -0.2) is 13.1 Å². The van der Waals surface area contributed by atoms with E-state index in [-0.39, 0.29) is 15.8 Å². The van der Waals surface area contributed by atoms with E-state index in [0.717, 1.165) is 40.0 Å². The number of fused-ring (bicyclic) bond motifs is 1. The van der Waals surface area contributed by atoms with Crippen LogP contribution in [0.3, 0.4) is 0 Å². The van der Waals surface area contributed by atoms with Crippen molar-refractivity contribution in [2.75, 3.05) is 0 Å². The molecule has 1 heterocycles. The molecule has 2 aromatic carbocycles. The highest BCUT2D eigenvalue weighted by atomic mass is 32.2. The number of hydrogen-bond donors (Lipinski definition) is 1. The van der Waals surface area contributed by atoms with Gasteiger partial charge in [0.15, 0.2) is 0 Å². The third kappa shape index (κ3) is 4.00. The van der Waals surface area contributed by atoms with Crippen molar-refractivity contribution < 1.29 is 8.42 Å². The van der Waals surface area contributed by atoms with Gasteiger partial charge in [0.2, 0.25) is 10.0 Å². The first kappa shape index (κ1) is 19.8. The highest BCUT2D eigenvalue weighted by Gasteiger charge is 2.21. The fourth-order valence-electron chi connectivity index (χ4n) is 3.32.